The Morgan fingerprint density at radius 2 is 2.05 bits per heavy atom. The van der Waals surface area contributed by atoms with Gasteiger partial charge < -0.3 is 10.6 Å². The van der Waals surface area contributed by atoms with Crippen LogP contribution < -0.4 is 5.73 Å². The number of carbonyl (C=O) groups excluding carboxylic acids is 2. The monoisotopic (exact) mass is 338 g/mol. The molecule has 0 aliphatic carbocycles. The molecule has 4 nitrogen and oxygen atoms in total. The van der Waals surface area contributed by atoms with Crippen molar-refractivity contribution in [3.63, 3.8) is 0 Å². The fraction of sp³-hybridized carbons (Fsp3) is 0.467. The molecule has 0 aromatic heterocycles. The summed E-state index contributed by atoms with van der Waals surface area (Å²) in [6.45, 7) is 4.40. The van der Waals surface area contributed by atoms with Crippen molar-refractivity contribution in [1.29, 1.82) is 0 Å². The van der Waals surface area contributed by atoms with Gasteiger partial charge in [-0.2, -0.15) is 0 Å². The number of primary amides is 1. The number of halogens is 1. The van der Waals surface area contributed by atoms with Gasteiger partial charge in [0.15, 0.2) is 0 Å². The Hall–Kier alpha value is -1.36. The molecule has 0 spiro atoms. The van der Waals surface area contributed by atoms with Crippen LogP contribution in [0.3, 0.4) is 0 Å². The first-order valence-corrected chi connectivity index (χ1v) is 7.56. The highest BCUT2D eigenvalue weighted by atomic mass is 79.9. The van der Waals surface area contributed by atoms with Crippen molar-refractivity contribution < 1.29 is 9.59 Å². The minimum absolute atomic E-state index is 0.0460. The van der Waals surface area contributed by atoms with Gasteiger partial charge in [-0.3, -0.25) is 9.59 Å². The lowest BCUT2D eigenvalue weighted by molar-refractivity contribution is -0.123. The molecular formula is C15H19BrN2O2. The third-order valence-corrected chi connectivity index (χ3v) is 4.56. The highest BCUT2D eigenvalue weighted by Crippen LogP contribution is 2.26. The summed E-state index contributed by atoms with van der Waals surface area (Å²) >= 11 is 3.44. The van der Waals surface area contributed by atoms with E-state index in [-0.39, 0.29) is 23.8 Å². The van der Waals surface area contributed by atoms with Crippen LogP contribution in [0, 0.1) is 12.8 Å². The predicted molar refractivity (Wildman–Crippen MR) is 81.3 cm³/mol. The molecule has 0 bridgehead atoms. The maximum absolute atomic E-state index is 12.7. The van der Waals surface area contributed by atoms with E-state index >= 15 is 0 Å². The molecule has 108 valence electrons. The molecule has 1 aromatic rings. The molecule has 1 aliphatic rings. The standard InChI is InChI=1S/C15H19BrN2O2/c1-9-3-6-12(13(16)7-9)15(20)18-8-11(14(17)19)5-4-10(18)2/h3,6-7,10-11H,4-5,8H2,1-2H3,(H2,17,19). The number of likely N-dealkylation sites (tertiary alicyclic amines) is 1. The summed E-state index contributed by atoms with van der Waals surface area (Å²) in [5.74, 6) is -0.604. The van der Waals surface area contributed by atoms with Crippen molar-refractivity contribution >= 4 is 27.7 Å². The van der Waals surface area contributed by atoms with Gasteiger partial charge in [0, 0.05) is 17.1 Å². The van der Waals surface area contributed by atoms with Crippen LogP contribution in [-0.2, 0) is 4.79 Å². The number of nitrogens with zero attached hydrogens (tertiary/aromatic N) is 1. The summed E-state index contributed by atoms with van der Waals surface area (Å²) in [7, 11) is 0. The minimum Gasteiger partial charge on any atom is -0.369 e. The van der Waals surface area contributed by atoms with Crippen molar-refractivity contribution in [2.45, 2.75) is 32.7 Å². The molecule has 5 heteroatoms. The zero-order chi connectivity index (χ0) is 14.9. The largest absolute Gasteiger partial charge is 0.369 e. The Morgan fingerprint density at radius 1 is 1.35 bits per heavy atom. The number of carbonyl (C=O) groups is 2. The van der Waals surface area contributed by atoms with Gasteiger partial charge in [-0.1, -0.05) is 6.07 Å². The van der Waals surface area contributed by atoms with E-state index in [0.29, 0.717) is 12.1 Å². The van der Waals surface area contributed by atoms with E-state index in [1.165, 1.54) is 0 Å². The molecule has 1 aromatic carbocycles. The second kappa shape index (κ2) is 5.95. The van der Waals surface area contributed by atoms with Gasteiger partial charge in [-0.25, -0.2) is 0 Å². The molecule has 1 fully saturated rings. The van der Waals surface area contributed by atoms with Crippen LogP contribution >= 0.6 is 15.9 Å². The lowest BCUT2D eigenvalue weighted by Crippen LogP contribution is -2.48. The lowest BCUT2D eigenvalue weighted by atomic mass is 9.92. The van der Waals surface area contributed by atoms with Crippen LogP contribution in [0.15, 0.2) is 22.7 Å². The van der Waals surface area contributed by atoms with Gasteiger partial charge in [0.2, 0.25) is 5.91 Å². The molecule has 1 saturated heterocycles. The van der Waals surface area contributed by atoms with Gasteiger partial charge in [-0.15, -0.1) is 0 Å². The molecule has 0 saturated carbocycles. The average molecular weight is 339 g/mol. The molecule has 2 rings (SSSR count). The number of rotatable bonds is 2. The molecule has 2 atom stereocenters. The number of hydrogen-bond donors (Lipinski definition) is 1. The Balaban J connectivity index is 2.24. The van der Waals surface area contributed by atoms with E-state index in [1.54, 1.807) is 4.90 Å². The Morgan fingerprint density at radius 3 is 2.65 bits per heavy atom. The van der Waals surface area contributed by atoms with Gasteiger partial charge in [0.05, 0.1) is 11.5 Å². The van der Waals surface area contributed by atoms with Crippen LogP contribution in [0.2, 0.25) is 0 Å². The smallest absolute Gasteiger partial charge is 0.255 e. The number of hydrogen-bond acceptors (Lipinski definition) is 2. The molecule has 1 heterocycles. The van der Waals surface area contributed by atoms with Gasteiger partial charge in [-0.05, 0) is 60.3 Å². The molecule has 1 aliphatic heterocycles. The highest BCUT2D eigenvalue weighted by molar-refractivity contribution is 9.10. The third kappa shape index (κ3) is 3.03. The Bertz CT molecular complexity index is 545. The minimum atomic E-state index is -0.322. The predicted octanol–water partition coefficient (Wildman–Crippen LogP) is 2.48. The van der Waals surface area contributed by atoms with Crippen LogP contribution in [0.1, 0.15) is 35.7 Å². The lowest BCUT2D eigenvalue weighted by Gasteiger charge is -2.37. The summed E-state index contributed by atoms with van der Waals surface area (Å²) in [5, 5.41) is 0. The maximum atomic E-state index is 12.7. The first-order chi connectivity index (χ1) is 9.40. The van der Waals surface area contributed by atoms with E-state index in [4.69, 9.17) is 5.73 Å². The fourth-order valence-electron chi connectivity index (χ4n) is 2.57. The van der Waals surface area contributed by atoms with E-state index in [9.17, 15) is 9.59 Å². The maximum Gasteiger partial charge on any atom is 0.255 e. The van der Waals surface area contributed by atoms with Crippen LogP contribution in [0.5, 0.6) is 0 Å². The van der Waals surface area contributed by atoms with Crippen LogP contribution in [0.25, 0.3) is 0 Å². The molecular weight excluding hydrogens is 320 g/mol. The normalized spacial score (nSPS) is 22.6. The number of amides is 2. The number of nitrogens with two attached hydrogens (primary N) is 1. The topological polar surface area (TPSA) is 63.4 Å². The number of aryl methyl sites for hydroxylation is 1. The molecule has 2 amide bonds. The molecule has 2 N–H and O–H groups in total. The van der Waals surface area contributed by atoms with Gasteiger partial charge in [0.25, 0.3) is 5.91 Å². The first kappa shape index (κ1) is 15.0. The summed E-state index contributed by atoms with van der Waals surface area (Å²) < 4.78 is 0.788. The molecule has 2 unspecified atom stereocenters. The van der Waals surface area contributed by atoms with Crippen LogP contribution in [-0.4, -0.2) is 29.3 Å². The Kier molecular flexibility index (Phi) is 4.48. The summed E-state index contributed by atoms with van der Waals surface area (Å²) in [6, 6.07) is 5.79. The highest BCUT2D eigenvalue weighted by Gasteiger charge is 2.32. The zero-order valence-electron chi connectivity index (χ0n) is 11.7. The second-order valence-corrected chi connectivity index (χ2v) is 6.32. The van der Waals surface area contributed by atoms with Crippen molar-refractivity contribution in [3.05, 3.63) is 33.8 Å². The summed E-state index contributed by atoms with van der Waals surface area (Å²) in [5.41, 5.74) is 7.10. The quantitative estimate of drug-likeness (QED) is 0.900. The van der Waals surface area contributed by atoms with E-state index in [0.717, 1.165) is 22.9 Å². The van der Waals surface area contributed by atoms with Crippen LogP contribution in [0.4, 0.5) is 0 Å². The van der Waals surface area contributed by atoms with Crippen molar-refractivity contribution in [3.8, 4) is 0 Å². The number of benzene rings is 1. The third-order valence-electron chi connectivity index (χ3n) is 3.90. The molecule has 0 radical (unpaired) electrons. The van der Waals surface area contributed by atoms with E-state index in [1.807, 2.05) is 32.0 Å². The fourth-order valence-corrected chi connectivity index (χ4v) is 3.23. The summed E-state index contributed by atoms with van der Waals surface area (Å²) in [4.78, 5) is 25.8. The van der Waals surface area contributed by atoms with E-state index < -0.39 is 0 Å². The summed E-state index contributed by atoms with van der Waals surface area (Å²) in [6.07, 6.45) is 1.57. The van der Waals surface area contributed by atoms with Crippen molar-refractivity contribution in [2.75, 3.05) is 6.54 Å². The van der Waals surface area contributed by atoms with Gasteiger partial charge >= 0.3 is 0 Å². The average Bonchev–Trinajstić information content (AvgIpc) is 2.38. The van der Waals surface area contributed by atoms with Gasteiger partial charge in [0.1, 0.15) is 0 Å². The SMILES string of the molecule is Cc1ccc(C(=O)N2CC(C(N)=O)CCC2C)c(Br)c1. The molecule has 20 heavy (non-hydrogen) atoms. The van der Waals surface area contributed by atoms with Crippen molar-refractivity contribution in [2.24, 2.45) is 11.7 Å². The number of piperidine rings is 1. The first-order valence-electron chi connectivity index (χ1n) is 6.76. The second-order valence-electron chi connectivity index (χ2n) is 5.47. The zero-order valence-corrected chi connectivity index (χ0v) is 13.3. The van der Waals surface area contributed by atoms with E-state index in [2.05, 4.69) is 15.9 Å². The van der Waals surface area contributed by atoms with Crippen molar-refractivity contribution in [1.82, 2.24) is 4.90 Å². The Labute approximate surface area is 127 Å².